The molecule has 0 spiro atoms. The van der Waals surface area contributed by atoms with Crippen LogP contribution in [0.3, 0.4) is 0 Å². The number of carbonyl (C=O) groups is 1. The highest BCUT2D eigenvalue weighted by Gasteiger charge is 2.31. The van der Waals surface area contributed by atoms with Gasteiger partial charge in [0.1, 0.15) is 0 Å². The van der Waals surface area contributed by atoms with Crippen LogP contribution in [0.15, 0.2) is 36.4 Å². The number of hydrogen-bond acceptors (Lipinski definition) is 3. The Hall–Kier alpha value is -1.97. The van der Waals surface area contributed by atoms with Gasteiger partial charge in [-0.1, -0.05) is 73.2 Å². The van der Waals surface area contributed by atoms with Crippen LogP contribution in [0.4, 0.5) is 0 Å². The van der Waals surface area contributed by atoms with Gasteiger partial charge in [0.15, 0.2) is 5.78 Å². The molecule has 2 aromatic rings. The Morgan fingerprint density at radius 3 is 1.50 bits per heavy atom. The lowest BCUT2D eigenvalue weighted by Gasteiger charge is -2.31. The molecule has 0 aromatic heterocycles. The van der Waals surface area contributed by atoms with Crippen LogP contribution in [-0.4, -0.2) is 28.2 Å². The molecule has 3 heteroatoms. The Labute approximate surface area is 180 Å². The lowest BCUT2D eigenvalue weighted by molar-refractivity contribution is 0.0987. The Kier molecular flexibility index (Phi) is 6.40. The van der Waals surface area contributed by atoms with Crippen molar-refractivity contribution in [2.24, 2.45) is 0 Å². The van der Waals surface area contributed by atoms with Crippen molar-refractivity contribution in [1.82, 2.24) is 0 Å². The molecule has 2 aliphatic rings. The zero-order valence-corrected chi connectivity index (χ0v) is 18.2. The smallest absolute Gasteiger partial charge is 0.193 e. The largest absolute Gasteiger partial charge is 0.392 e. The van der Waals surface area contributed by atoms with Gasteiger partial charge in [0.05, 0.1) is 12.2 Å². The number of benzene rings is 2. The molecule has 3 nitrogen and oxygen atoms in total. The first-order valence-corrected chi connectivity index (χ1v) is 11.6. The number of aliphatic hydroxyl groups excluding tert-OH is 2. The van der Waals surface area contributed by atoms with Crippen LogP contribution >= 0.6 is 0 Å². The average Bonchev–Trinajstić information content (AvgIpc) is 2.74. The van der Waals surface area contributed by atoms with E-state index in [0.29, 0.717) is 11.1 Å². The van der Waals surface area contributed by atoms with E-state index >= 15 is 0 Å². The molecule has 0 radical (unpaired) electrons. The summed E-state index contributed by atoms with van der Waals surface area (Å²) in [6.07, 6.45) is 6.96. The van der Waals surface area contributed by atoms with Crippen LogP contribution in [-0.2, 0) is 0 Å². The van der Waals surface area contributed by atoms with Crippen LogP contribution < -0.4 is 0 Å². The van der Waals surface area contributed by atoms with E-state index in [1.807, 2.05) is 38.1 Å². The van der Waals surface area contributed by atoms with Crippen molar-refractivity contribution in [2.75, 3.05) is 0 Å². The molecule has 2 N–H and O–H groups in total. The minimum atomic E-state index is -0.384. The molecule has 0 amide bonds. The summed E-state index contributed by atoms with van der Waals surface area (Å²) in [7, 11) is 0. The standard InChI is InChI=1S/C27H34O3/c1-17-11-13-21(23(15-17)19-7-3-5-9-25(19)28)27(30)22-14-12-18(2)16-24(22)20-8-4-6-10-26(20)29/h11-16,19-20,25-26,28-29H,3-10H2,1-2H3. The Morgan fingerprint density at radius 2 is 1.10 bits per heavy atom. The fourth-order valence-electron chi connectivity index (χ4n) is 5.48. The van der Waals surface area contributed by atoms with E-state index in [4.69, 9.17) is 0 Å². The van der Waals surface area contributed by atoms with E-state index in [-0.39, 0.29) is 29.8 Å². The van der Waals surface area contributed by atoms with E-state index in [9.17, 15) is 15.0 Å². The highest BCUT2D eigenvalue weighted by molar-refractivity contribution is 6.11. The van der Waals surface area contributed by atoms with Crippen LogP contribution in [0, 0.1) is 13.8 Å². The molecule has 2 fully saturated rings. The van der Waals surface area contributed by atoms with Gasteiger partial charge in [0.2, 0.25) is 0 Å². The molecule has 4 unspecified atom stereocenters. The van der Waals surface area contributed by atoms with Crippen molar-refractivity contribution in [3.63, 3.8) is 0 Å². The lowest BCUT2D eigenvalue weighted by atomic mass is 9.76. The second-order valence-corrected chi connectivity index (χ2v) is 9.43. The van der Waals surface area contributed by atoms with Crippen LogP contribution in [0.1, 0.15) is 101 Å². The van der Waals surface area contributed by atoms with E-state index in [1.165, 1.54) is 0 Å². The van der Waals surface area contributed by atoms with Crippen molar-refractivity contribution in [1.29, 1.82) is 0 Å². The SMILES string of the molecule is Cc1ccc(C(=O)c2ccc(C)cc2C2CCCCC2O)c(C2CCCCC2O)c1. The van der Waals surface area contributed by atoms with Gasteiger partial charge in [-0.3, -0.25) is 4.79 Å². The Balaban J connectivity index is 1.77. The van der Waals surface area contributed by atoms with Crippen molar-refractivity contribution in [3.8, 4) is 0 Å². The first kappa shape index (κ1) is 21.3. The highest BCUT2D eigenvalue weighted by atomic mass is 16.3. The lowest BCUT2D eigenvalue weighted by Crippen LogP contribution is -2.26. The van der Waals surface area contributed by atoms with E-state index in [2.05, 4.69) is 12.1 Å². The third kappa shape index (κ3) is 4.24. The maximum absolute atomic E-state index is 13.8. The minimum absolute atomic E-state index is 0.0202. The molecule has 160 valence electrons. The quantitative estimate of drug-likeness (QED) is 0.653. The summed E-state index contributed by atoms with van der Waals surface area (Å²) in [5.74, 6) is 0.0640. The molecule has 0 bridgehead atoms. The van der Waals surface area contributed by atoms with Gasteiger partial charge in [0, 0.05) is 23.0 Å². The van der Waals surface area contributed by atoms with Gasteiger partial charge in [-0.05, 0) is 50.7 Å². The first-order valence-electron chi connectivity index (χ1n) is 11.6. The monoisotopic (exact) mass is 406 g/mol. The number of ketones is 1. The fraction of sp³-hybridized carbons (Fsp3) is 0.519. The van der Waals surface area contributed by atoms with Gasteiger partial charge >= 0.3 is 0 Å². The maximum Gasteiger partial charge on any atom is 0.193 e. The van der Waals surface area contributed by atoms with Gasteiger partial charge in [0.25, 0.3) is 0 Å². The third-order valence-corrected chi connectivity index (χ3v) is 7.16. The molecular formula is C27H34O3. The number of carbonyl (C=O) groups excluding carboxylic acids is 1. The summed E-state index contributed by atoms with van der Waals surface area (Å²) >= 11 is 0. The Morgan fingerprint density at radius 1 is 0.700 bits per heavy atom. The van der Waals surface area contributed by atoms with Crippen molar-refractivity contribution in [3.05, 3.63) is 69.8 Å². The number of aliphatic hydroxyl groups is 2. The maximum atomic E-state index is 13.8. The van der Waals surface area contributed by atoms with Crippen molar-refractivity contribution < 1.29 is 15.0 Å². The zero-order valence-electron chi connectivity index (χ0n) is 18.2. The first-order chi connectivity index (χ1) is 14.5. The van der Waals surface area contributed by atoms with Gasteiger partial charge in [-0.2, -0.15) is 0 Å². The zero-order chi connectivity index (χ0) is 21.3. The minimum Gasteiger partial charge on any atom is -0.392 e. The van der Waals surface area contributed by atoms with Gasteiger partial charge in [-0.15, -0.1) is 0 Å². The normalized spacial score (nSPS) is 27.1. The van der Waals surface area contributed by atoms with Crippen LogP contribution in [0.2, 0.25) is 0 Å². The summed E-state index contributed by atoms with van der Waals surface area (Å²) in [5, 5.41) is 21.4. The molecule has 0 saturated heterocycles. The predicted molar refractivity (Wildman–Crippen MR) is 120 cm³/mol. The number of rotatable bonds is 4. The molecule has 2 aromatic carbocycles. The van der Waals surface area contributed by atoms with E-state index in [0.717, 1.165) is 73.6 Å². The van der Waals surface area contributed by atoms with Crippen molar-refractivity contribution in [2.45, 2.75) is 89.3 Å². The molecule has 4 atom stereocenters. The van der Waals surface area contributed by atoms with Crippen molar-refractivity contribution >= 4 is 5.78 Å². The Bertz CT molecular complexity index is 843. The second-order valence-electron chi connectivity index (χ2n) is 9.43. The summed E-state index contributed by atoms with van der Waals surface area (Å²) in [6, 6.07) is 12.1. The third-order valence-electron chi connectivity index (χ3n) is 7.16. The summed E-state index contributed by atoms with van der Waals surface area (Å²) in [4.78, 5) is 13.8. The predicted octanol–water partition coefficient (Wildman–Crippen LogP) is 5.57. The molecule has 0 aliphatic heterocycles. The molecule has 0 heterocycles. The van der Waals surface area contributed by atoms with Crippen LogP contribution in [0.5, 0.6) is 0 Å². The van der Waals surface area contributed by atoms with E-state index < -0.39 is 0 Å². The second kappa shape index (κ2) is 9.03. The molecule has 2 saturated carbocycles. The summed E-state index contributed by atoms with van der Waals surface area (Å²) in [5.41, 5.74) is 5.63. The summed E-state index contributed by atoms with van der Waals surface area (Å²) < 4.78 is 0. The molecule has 30 heavy (non-hydrogen) atoms. The molecular weight excluding hydrogens is 372 g/mol. The molecule has 2 aliphatic carbocycles. The van der Waals surface area contributed by atoms with Crippen LogP contribution in [0.25, 0.3) is 0 Å². The fourth-order valence-corrected chi connectivity index (χ4v) is 5.48. The number of hydrogen-bond donors (Lipinski definition) is 2. The number of aryl methyl sites for hydroxylation is 2. The summed E-state index contributed by atoms with van der Waals surface area (Å²) in [6.45, 7) is 4.09. The highest BCUT2D eigenvalue weighted by Crippen LogP contribution is 2.39. The average molecular weight is 407 g/mol. The molecule has 4 rings (SSSR count). The van der Waals surface area contributed by atoms with E-state index in [1.54, 1.807) is 0 Å². The topological polar surface area (TPSA) is 57.5 Å². The van der Waals surface area contributed by atoms with Gasteiger partial charge < -0.3 is 10.2 Å². The van der Waals surface area contributed by atoms with Gasteiger partial charge in [-0.25, -0.2) is 0 Å².